The second-order valence-corrected chi connectivity index (χ2v) is 10.7. The highest BCUT2D eigenvalue weighted by atomic mass is 32.2. The highest BCUT2D eigenvalue weighted by molar-refractivity contribution is 7.89. The van der Waals surface area contributed by atoms with Gasteiger partial charge in [-0.3, -0.25) is 9.59 Å². The first kappa shape index (κ1) is 28.3. The molecule has 0 radical (unpaired) electrons. The third kappa shape index (κ3) is 7.22. The van der Waals surface area contributed by atoms with E-state index in [2.05, 4.69) is 15.8 Å². The summed E-state index contributed by atoms with van der Waals surface area (Å²) >= 11 is 0. The van der Waals surface area contributed by atoms with E-state index in [1.807, 2.05) is 37.3 Å². The van der Waals surface area contributed by atoms with E-state index >= 15 is 0 Å². The van der Waals surface area contributed by atoms with Gasteiger partial charge >= 0.3 is 11.8 Å². The fourth-order valence-electron chi connectivity index (χ4n) is 3.73. The van der Waals surface area contributed by atoms with E-state index in [0.717, 1.165) is 11.1 Å². The van der Waals surface area contributed by atoms with Crippen LogP contribution in [0.4, 0.5) is 5.69 Å². The van der Waals surface area contributed by atoms with E-state index in [0.29, 0.717) is 17.2 Å². The zero-order valence-corrected chi connectivity index (χ0v) is 22.7. The van der Waals surface area contributed by atoms with E-state index < -0.39 is 21.8 Å². The first-order chi connectivity index (χ1) is 19.3. The van der Waals surface area contributed by atoms with Crippen molar-refractivity contribution >= 4 is 33.7 Å². The Balaban J connectivity index is 1.43. The first-order valence-corrected chi connectivity index (χ1v) is 13.7. The second-order valence-electron chi connectivity index (χ2n) is 8.73. The summed E-state index contributed by atoms with van der Waals surface area (Å²) in [6.45, 7) is 1.99. The molecule has 40 heavy (non-hydrogen) atoms. The maximum absolute atomic E-state index is 13.5. The van der Waals surface area contributed by atoms with Crippen molar-refractivity contribution in [1.29, 1.82) is 0 Å². The summed E-state index contributed by atoms with van der Waals surface area (Å²) in [5.41, 5.74) is 4.24. The van der Waals surface area contributed by atoms with Gasteiger partial charge < -0.3 is 14.5 Å². The molecule has 0 atom stereocenters. The van der Waals surface area contributed by atoms with Gasteiger partial charge in [0.2, 0.25) is 10.0 Å². The Labute approximate surface area is 232 Å². The SMILES string of the molecule is COc1ccccc1NC(=O)C(=O)N/N=C/c1ccc(CN(Cc2ccccc2)S(=O)(=O)c2ccc(C)cc2)o1. The number of carbonyl (C=O) groups is 2. The molecule has 1 aromatic heterocycles. The molecule has 0 saturated heterocycles. The Morgan fingerprint density at radius 2 is 1.60 bits per heavy atom. The molecule has 0 aliphatic rings. The number of furan rings is 1. The number of methoxy groups -OCH3 is 1. The molecule has 4 aromatic rings. The lowest BCUT2D eigenvalue weighted by Crippen LogP contribution is -2.32. The van der Waals surface area contributed by atoms with Crippen molar-refractivity contribution in [3.05, 3.63) is 114 Å². The number of benzene rings is 3. The molecule has 206 valence electrons. The smallest absolute Gasteiger partial charge is 0.329 e. The van der Waals surface area contributed by atoms with Crippen molar-refractivity contribution in [3.63, 3.8) is 0 Å². The molecule has 2 N–H and O–H groups in total. The molecule has 0 saturated carbocycles. The van der Waals surface area contributed by atoms with Crippen molar-refractivity contribution < 1.29 is 27.2 Å². The van der Waals surface area contributed by atoms with E-state index in [1.165, 1.54) is 17.6 Å². The standard InChI is InChI=1S/C29H28N4O6S/c1-21-12-16-25(17-13-21)40(36,37)33(19-22-8-4-3-5-9-22)20-24-15-14-23(39-24)18-30-32-29(35)28(34)31-26-10-6-7-11-27(26)38-2/h3-18H,19-20H2,1-2H3,(H,31,34)(H,32,35)/b30-18+. The Hall–Kier alpha value is -4.74. The van der Waals surface area contributed by atoms with Gasteiger partial charge in [-0.05, 0) is 48.9 Å². The van der Waals surface area contributed by atoms with Crippen LogP contribution < -0.4 is 15.5 Å². The lowest BCUT2D eigenvalue weighted by atomic mass is 10.2. The van der Waals surface area contributed by atoms with Gasteiger partial charge in [0, 0.05) is 6.54 Å². The van der Waals surface area contributed by atoms with E-state index in [9.17, 15) is 18.0 Å². The number of nitrogens with one attached hydrogen (secondary N) is 2. The molecule has 11 heteroatoms. The monoisotopic (exact) mass is 560 g/mol. The summed E-state index contributed by atoms with van der Waals surface area (Å²) in [4.78, 5) is 24.5. The first-order valence-electron chi connectivity index (χ1n) is 12.2. The van der Waals surface area contributed by atoms with Crippen LogP contribution in [0.2, 0.25) is 0 Å². The minimum Gasteiger partial charge on any atom is -0.495 e. The van der Waals surface area contributed by atoms with E-state index in [1.54, 1.807) is 60.7 Å². The van der Waals surface area contributed by atoms with Crippen LogP contribution in [0, 0.1) is 6.92 Å². The molecule has 0 unspecified atom stereocenters. The van der Waals surface area contributed by atoms with Crippen LogP contribution in [0.5, 0.6) is 5.75 Å². The zero-order chi connectivity index (χ0) is 28.5. The number of anilines is 1. The fourth-order valence-corrected chi connectivity index (χ4v) is 5.12. The quantitative estimate of drug-likeness (QED) is 0.171. The van der Waals surface area contributed by atoms with Crippen LogP contribution in [0.1, 0.15) is 22.6 Å². The topological polar surface area (TPSA) is 130 Å². The Morgan fingerprint density at radius 3 is 2.33 bits per heavy atom. The van der Waals surface area contributed by atoms with Crippen molar-refractivity contribution in [3.8, 4) is 5.75 Å². The number of rotatable bonds is 10. The predicted molar refractivity (Wildman–Crippen MR) is 150 cm³/mol. The summed E-state index contributed by atoms with van der Waals surface area (Å²) in [5.74, 6) is -0.895. The van der Waals surface area contributed by atoms with Crippen LogP contribution in [-0.2, 0) is 32.7 Å². The highest BCUT2D eigenvalue weighted by Crippen LogP contribution is 2.23. The predicted octanol–water partition coefficient (Wildman–Crippen LogP) is 4.08. The minimum absolute atomic E-state index is 0.0351. The lowest BCUT2D eigenvalue weighted by molar-refractivity contribution is -0.136. The van der Waals surface area contributed by atoms with Crippen LogP contribution in [-0.4, -0.2) is 37.9 Å². The van der Waals surface area contributed by atoms with Crippen molar-refractivity contribution in [2.75, 3.05) is 12.4 Å². The lowest BCUT2D eigenvalue weighted by Gasteiger charge is -2.21. The largest absolute Gasteiger partial charge is 0.495 e. The number of nitrogens with zero attached hydrogens (tertiary/aromatic N) is 2. The number of hydrogen-bond acceptors (Lipinski definition) is 7. The average molecular weight is 561 g/mol. The van der Waals surface area contributed by atoms with Gasteiger partial charge in [0.15, 0.2) is 0 Å². The molecule has 2 amide bonds. The Morgan fingerprint density at radius 1 is 0.900 bits per heavy atom. The van der Waals surface area contributed by atoms with Gasteiger partial charge in [0.1, 0.15) is 17.3 Å². The van der Waals surface area contributed by atoms with Gasteiger partial charge in [-0.2, -0.15) is 9.41 Å². The maximum atomic E-state index is 13.5. The normalized spacial score (nSPS) is 11.5. The molecule has 0 spiro atoms. The summed E-state index contributed by atoms with van der Waals surface area (Å²) < 4.78 is 39.2. The molecule has 3 aromatic carbocycles. The molecule has 0 aliphatic heterocycles. The van der Waals surface area contributed by atoms with Crippen molar-refractivity contribution in [2.45, 2.75) is 24.9 Å². The summed E-state index contributed by atoms with van der Waals surface area (Å²) in [5, 5.41) is 6.22. The van der Waals surface area contributed by atoms with Crippen LogP contribution >= 0.6 is 0 Å². The van der Waals surface area contributed by atoms with Crippen LogP contribution in [0.3, 0.4) is 0 Å². The number of sulfonamides is 1. The number of hydrogen-bond donors (Lipinski definition) is 2. The molecular weight excluding hydrogens is 532 g/mol. The van der Waals surface area contributed by atoms with Crippen LogP contribution in [0.15, 0.2) is 105 Å². The molecule has 0 fully saturated rings. The number of hydrazone groups is 1. The molecule has 10 nitrogen and oxygen atoms in total. The second kappa shape index (κ2) is 12.9. The van der Waals surface area contributed by atoms with E-state index in [4.69, 9.17) is 9.15 Å². The third-order valence-corrected chi connectivity index (χ3v) is 7.60. The number of para-hydroxylation sites is 2. The zero-order valence-electron chi connectivity index (χ0n) is 21.9. The average Bonchev–Trinajstić information content (AvgIpc) is 3.40. The van der Waals surface area contributed by atoms with Crippen molar-refractivity contribution in [2.24, 2.45) is 5.10 Å². The summed E-state index contributed by atoms with van der Waals surface area (Å²) in [6.07, 6.45) is 1.22. The van der Waals surface area contributed by atoms with Gasteiger partial charge in [-0.15, -0.1) is 0 Å². The molecule has 0 bridgehead atoms. The fraction of sp³-hybridized carbons (Fsp3) is 0.138. The molecule has 4 rings (SSSR count). The van der Waals surface area contributed by atoms with Crippen LogP contribution in [0.25, 0.3) is 0 Å². The van der Waals surface area contributed by atoms with Gasteiger partial charge in [-0.1, -0.05) is 60.2 Å². The Kier molecular flexibility index (Phi) is 9.10. The summed E-state index contributed by atoms with van der Waals surface area (Å²) in [7, 11) is -2.39. The molecular formula is C29H28N4O6S. The van der Waals surface area contributed by atoms with Gasteiger partial charge in [0.25, 0.3) is 0 Å². The third-order valence-electron chi connectivity index (χ3n) is 5.79. The molecule has 1 heterocycles. The van der Waals surface area contributed by atoms with E-state index in [-0.39, 0.29) is 23.7 Å². The highest BCUT2D eigenvalue weighted by Gasteiger charge is 2.26. The van der Waals surface area contributed by atoms with Crippen molar-refractivity contribution in [1.82, 2.24) is 9.73 Å². The number of amides is 2. The van der Waals surface area contributed by atoms with Gasteiger partial charge in [0.05, 0.1) is 30.5 Å². The van der Waals surface area contributed by atoms with Gasteiger partial charge in [-0.25, -0.2) is 13.8 Å². The molecule has 0 aliphatic carbocycles. The number of aryl methyl sites for hydroxylation is 1. The summed E-state index contributed by atoms with van der Waals surface area (Å²) in [6, 6.07) is 25.8. The minimum atomic E-state index is -3.84. The maximum Gasteiger partial charge on any atom is 0.329 e. The number of carbonyl (C=O) groups excluding carboxylic acids is 2. The Bertz CT molecular complexity index is 1600. The number of ether oxygens (including phenoxy) is 1.